The van der Waals surface area contributed by atoms with E-state index in [4.69, 9.17) is 0 Å². The lowest BCUT2D eigenvalue weighted by atomic mass is 9.75. The summed E-state index contributed by atoms with van der Waals surface area (Å²) in [5.41, 5.74) is 2.37. The third kappa shape index (κ3) is 2.88. The van der Waals surface area contributed by atoms with Crippen LogP contribution in [0.4, 0.5) is 4.39 Å². The summed E-state index contributed by atoms with van der Waals surface area (Å²) in [6, 6.07) is 14.1. The molecular weight excluding hydrogens is 351 g/mol. The summed E-state index contributed by atoms with van der Waals surface area (Å²) in [4.78, 5) is -0.242. The van der Waals surface area contributed by atoms with E-state index >= 15 is 0 Å². The Balaban J connectivity index is 1.53. The van der Waals surface area contributed by atoms with Crippen LogP contribution in [0.1, 0.15) is 24.0 Å². The van der Waals surface area contributed by atoms with Gasteiger partial charge in [0.25, 0.3) is 0 Å². The lowest BCUT2D eigenvalue weighted by molar-refractivity contribution is 0.101. The van der Waals surface area contributed by atoms with Crippen molar-refractivity contribution in [1.82, 2.24) is 9.62 Å². The van der Waals surface area contributed by atoms with E-state index in [-0.39, 0.29) is 17.0 Å². The lowest BCUT2D eigenvalue weighted by Crippen LogP contribution is -2.72. The molecule has 26 heavy (non-hydrogen) atoms. The number of nitrogens with zero attached hydrogens (tertiary/aromatic N) is 1. The van der Waals surface area contributed by atoms with Crippen LogP contribution < -0.4 is 5.32 Å². The van der Waals surface area contributed by atoms with Gasteiger partial charge in [-0.1, -0.05) is 48.6 Å². The first-order valence-corrected chi connectivity index (χ1v) is 10.2. The normalized spacial score (nSPS) is 26.0. The first-order chi connectivity index (χ1) is 12.5. The first-order valence-electron chi connectivity index (χ1n) is 8.74. The van der Waals surface area contributed by atoms with Crippen molar-refractivity contribution in [2.45, 2.75) is 29.8 Å². The van der Waals surface area contributed by atoms with E-state index in [0.29, 0.717) is 19.0 Å². The molecule has 2 aromatic rings. The highest BCUT2D eigenvalue weighted by Crippen LogP contribution is 2.38. The molecule has 3 aliphatic heterocycles. The smallest absolute Gasteiger partial charge is 0.246 e. The average Bonchev–Trinajstić information content (AvgIpc) is 2.64. The van der Waals surface area contributed by atoms with Crippen molar-refractivity contribution in [3.8, 4) is 0 Å². The molecule has 0 saturated carbocycles. The number of piperazine rings is 1. The molecule has 3 heterocycles. The molecule has 3 fully saturated rings. The monoisotopic (exact) mass is 372 g/mol. The van der Waals surface area contributed by atoms with Crippen LogP contribution in [0.25, 0.3) is 6.08 Å². The second kappa shape index (κ2) is 6.61. The van der Waals surface area contributed by atoms with E-state index in [9.17, 15) is 12.8 Å². The van der Waals surface area contributed by atoms with Gasteiger partial charge < -0.3 is 5.32 Å². The fourth-order valence-electron chi connectivity index (χ4n) is 3.97. The van der Waals surface area contributed by atoms with Crippen molar-refractivity contribution in [3.05, 3.63) is 71.6 Å². The second-order valence-corrected chi connectivity index (χ2v) is 8.73. The van der Waals surface area contributed by atoms with Crippen molar-refractivity contribution in [2.24, 2.45) is 0 Å². The third-order valence-electron chi connectivity index (χ3n) is 5.23. The number of halogens is 1. The van der Waals surface area contributed by atoms with Gasteiger partial charge in [0.05, 0.1) is 0 Å². The van der Waals surface area contributed by atoms with Crippen LogP contribution >= 0.6 is 0 Å². The van der Waals surface area contributed by atoms with E-state index in [1.165, 1.54) is 28.1 Å². The third-order valence-corrected chi connectivity index (χ3v) is 7.10. The van der Waals surface area contributed by atoms with Gasteiger partial charge in [-0.2, -0.15) is 4.31 Å². The van der Waals surface area contributed by atoms with E-state index in [1.54, 1.807) is 6.07 Å². The predicted molar refractivity (Wildman–Crippen MR) is 99.8 cm³/mol. The van der Waals surface area contributed by atoms with Crippen LogP contribution in [0, 0.1) is 5.82 Å². The number of allylic oxidation sites excluding steroid dienone is 1. The summed E-state index contributed by atoms with van der Waals surface area (Å²) in [6.45, 7) is 2.70. The maximum Gasteiger partial charge on any atom is 0.246 e. The molecule has 3 atom stereocenters. The van der Waals surface area contributed by atoms with Gasteiger partial charge in [-0.25, -0.2) is 12.8 Å². The van der Waals surface area contributed by atoms with Crippen molar-refractivity contribution in [2.75, 3.05) is 13.1 Å². The first kappa shape index (κ1) is 17.4. The zero-order valence-electron chi connectivity index (χ0n) is 14.5. The van der Waals surface area contributed by atoms with Crippen LogP contribution in [0.5, 0.6) is 0 Å². The van der Waals surface area contributed by atoms with Crippen LogP contribution in [0.2, 0.25) is 0 Å². The number of piperidine rings is 1. The number of fused-ring (bicyclic) bond motifs is 2. The summed E-state index contributed by atoms with van der Waals surface area (Å²) in [5.74, 6) is -0.405. The largest absolute Gasteiger partial charge is 0.307 e. The Morgan fingerprint density at radius 3 is 2.35 bits per heavy atom. The van der Waals surface area contributed by atoms with E-state index in [1.807, 2.05) is 19.1 Å². The molecular formula is C20H21FN2O2S. The van der Waals surface area contributed by atoms with E-state index in [2.05, 4.69) is 29.6 Å². The average molecular weight is 372 g/mol. The van der Waals surface area contributed by atoms with Crippen LogP contribution in [0.3, 0.4) is 0 Å². The molecule has 0 radical (unpaired) electrons. The molecule has 3 saturated heterocycles. The maximum atomic E-state index is 14.0. The van der Waals surface area contributed by atoms with Crippen molar-refractivity contribution in [3.63, 3.8) is 0 Å². The van der Waals surface area contributed by atoms with Crippen molar-refractivity contribution >= 4 is 16.1 Å². The van der Waals surface area contributed by atoms with Gasteiger partial charge in [0.1, 0.15) is 10.7 Å². The molecule has 4 nitrogen and oxygen atoms in total. The van der Waals surface area contributed by atoms with E-state index < -0.39 is 15.8 Å². The predicted octanol–water partition coefficient (Wildman–Crippen LogP) is 2.99. The Labute approximate surface area is 153 Å². The van der Waals surface area contributed by atoms with E-state index in [0.717, 1.165) is 5.56 Å². The van der Waals surface area contributed by atoms with Gasteiger partial charge in [-0.15, -0.1) is 0 Å². The van der Waals surface area contributed by atoms with Crippen LogP contribution in [0.15, 0.2) is 59.5 Å². The van der Waals surface area contributed by atoms with Gasteiger partial charge >= 0.3 is 0 Å². The molecule has 0 spiro atoms. The molecule has 2 bridgehead atoms. The Hall–Kier alpha value is -2.02. The molecule has 1 N–H and O–H groups in total. The summed E-state index contributed by atoms with van der Waals surface area (Å²) in [7, 11) is -3.81. The van der Waals surface area contributed by atoms with Gasteiger partial charge in [0.2, 0.25) is 10.0 Å². The number of hydrogen-bond donors (Lipinski definition) is 1. The van der Waals surface area contributed by atoms with Crippen LogP contribution in [-0.4, -0.2) is 37.9 Å². The topological polar surface area (TPSA) is 49.4 Å². The molecule has 6 heteroatoms. The molecule has 0 amide bonds. The Morgan fingerprint density at radius 1 is 1.08 bits per heavy atom. The minimum Gasteiger partial charge on any atom is -0.307 e. The highest BCUT2D eigenvalue weighted by molar-refractivity contribution is 7.89. The molecule has 3 aliphatic rings. The zero-order valence-corrected chi connectivity index (χ0v) is 15.3. The highest BCUT2D eigenvalue weighted by Gasteiger charge is 2.50. The minimum absolute atomic E-state index is 0.0582. The van der Waals surface area contributed by atoms with Gasteiger partial charge in [0.15, 0.2) is 0 Å². The number of hydrogen-bond acceptors (Lipinski definition) is 3. The van der Waals surface area contributed by atoms with Crippen molar-refractivity contribution in [1.29, 1.82) is 0 Å². The molecule has 5 rings (SSSR count). The fraction of sp³-hybridized carbons (Fsp3) is 0.300. The van der Waals surface area contributed by atoms with Gasteiger partial charge in [-0.05, 0) is 30.2 Å². The maximum absolute atomic E-state index is 14.0. The van der Waals surface area contributed by atoms with Gasteiger partial charge in [0, 0.05) is 31.1 Å². The Bertz CT molecular complexity index is 929. The fourth-order valence-corrected chi connectivity index (χ4v) is 5.52. The Kier molecular flexibility index (Phi) is 4.42. The highest BCUT2D eigenvalue weighted by atomic mass is 32.2. The zero-order chi connectivity index (χ0) is 18.3. The number of rotatable bonds is 4. The quantitative estimate of drug-likeness (QED) is 0.898. The molecule has 136 valence electrons. The Morgan fingerprint density at radius 2 is 1.73 bits per heavy atom. The molecule has 0 aliphatic carbocycles. The summed E-state index contributed by atoms with van der Waals surface area (Å²) < 4.78 is 40.9. The second-order valence-electron chi connectivity index (χ2n) is 6.82. The van der Waals surface area contributed by atoms with Crippen LogP contribution in [-0.2, 0) is 10.0 Å². The molecule has 0 aromatic heterocycles. The lowest BCUT2D eigenvalue weighted by Gasteiger charge is -2.54. The standard InChI is InChI=1S/C20H21FN2O2S/c1-2-5-14-8-10-15(11-9-14)20-17-12-23(13-18(20)22-17)26(24,25)19-7-4-3-6-16(19)21/h2-11,17-18,20,22H,12-13H2,1H3/b5-2+/t17-,18+,20?. The number of nitrogens with one attached hydrogen (secondary N) is 1. The van der Waals surface area contributed by atoms with Gasteiger partial charge in [-0.3, -0.25) is 0 Å². The minimum atomic E-state index is -3.81. The number of sulfonamides is 1. The van der Waals surface area contributed by atoms with Crippen molar-refractivity contribution < 1.29 is 12.8 Å². The number of benzene rings is 2. The summed E-state index contributed by atoms with van der Waals surface area (Å²) >= 11 is 0. The molecule has 2 aromatic carbocycles. The SMILES string of the molecule is C/C=C/c1ccc(C2[C@@H]3CN(S(=O)(=O)c4ccccc4F)C[C@H]2N3)cc1. The summed E-state index contributed by atoms with van der Waals surface area (Å²) in [5, 5.41) is 3.42. The molecule has 1 unspecified atom stereocenters. The summed E-state index contributed by atoms with van der Waals surface area (Å²) in [6.07, 6.45) is 4.05.